The summed E-state index contributed by atoms with van der Waals surface area (Å²) in [5, 5.41) is 2.55. The molecule has 11 heavy (non-hydrogen) atoms. The molecule has 2 nitrogen and oxygen atoms in total. The Hall–Kier alpha value is 0.620. The van der Waals surface area contributed by atoms with Gasteiger partial charge < -0.3 is 0 Å². The summed E-state index contributed by atoms with van der Waals surface area (Å²) in [5.74, 6) is 0. The highest BCUT2D eigenvalue weighted by atomic mass is 32.2. The molecular weight excluding hydrogens is 176 g/mol. The summed E-state index contributed by atoms with van der Waals surface area (Å²) in [6.45, 7) is 0. The molecule has 0 amide bonds. The van der Waals surface area contributed by atoms with Crippen LogP contribution in [0.3, 0.4) is 0 Å². The molecule has 0 aromatic heterocycles. The Balaban J connectivity index is 2.51. The van der Waals surface area contributed by atoms with E-state index in [0.29, 0.717) is 10.7 Å². The van der Waals surface area contributed by atoms with Crippen LogP contribution in [0.4, 0.5) is 0 Å². The number of nitrogens with zero attached hydrogens (tertiary/aromatic N) is 2. The van der Waals surface area contributed by atoms with Crippen LogP contribution in [0.25, 0.3) is 0 Å². The molecule has 2 unspecified atom stereocenters. The fourth-order valence-corrected chi connectivity index (χ4v) is 4.47. The Labute approximate surface area is 77.7 Å². The summed E-state index contributed by atoms with van der Waals surface area (Å²) in [6.07, 6.45) is 0. The van der Waals surface area contributed by atoms with Gasteiger partial charge in [0.15, 0.2) is 0 Å². The van der Waals surface area contributed by atoms with Gasteiger partial charge >= 0.3 is 0 Å². The zero-order valence-corrected chi connectivity index (χ0v) is 9.21. The van der Waals surface area contributed by atoms with Gasteiger partial charge in [0.25, 0.3) is 0 Å². The first kappa shape index (κ1) is 9.71. The summed E-state index contributed by atoms with van der Waals surface area (Å²) < 4.78 is 0. The van der Waals surface area contributed by atoms with E-state index < -0.39 is 0 Å². The highest BCUT2D eigenvalue weighted by molar-refractivity contribution is 8.19. The summed E-state index contributed by atoms with van der Waals surface area (Å²) in [6, 6.07) is 0. The van der Waals surface area contributed by atoms with E-state index in [9.17, 15) is 0 Å². The van der Waals surface area contributed by atoms with Crippen LogP contribution in [0.15, 0.2) is 0 Å². The molecule has 1 rings (SSSR count). The maximum Gasteiger partial charge on any atom is 0.0813 e. The van der Waals surface area contributed by atoms with Gasteiger partial charge in [-0.2, -0.15) is 0 Å². The van der Waals surface area contributed by atoms with E-state index >= 15 is 0 Å². The number of likely N-dealkylation sites (N-methyl/N-ethyl adjacent to an activating group) is 2. The average molecular weight is 192 g/mol. The fraction of sp³-hybridized carbons (Fsp3) is 1.00. The van der Waals surface area contributed by atoms with Gasteiger partial charge in [-0.15, -0.1) is 23.5 Å². The second kappa shape index (κ2) is 4.03. The van der Waals surface area contributed by atoms with Gasteiger partial charge in [-0.1, -0.05) is 0 Å². The molecule has 0 aliphatic carbocycles. The monoisotopic (exact) mass is 192 g/mol. The van der Waals surface area contributed by atoms with Crippen LogP contribution >= 0.6 is 23.5 Å². The smallest absolute Gasteiger partial charge is 0.0813 e. The van der Waals surface area contributed by atoms with E-state index in [1.54, 1.807) is 0 Å². The Morgan fingerprint density at radius 3 is 1.55 bits per heavy atom. The third kappa shape index (κ3) is 2.28. The molecule has 1 fully saturated rings. The van der Waals surface area contributed by atoms with E-state index in [1.165, 1.54) is 5.08 Å². The van der Waals surface area contributed by atoms with E-state index in [1.807, 2.05) is 23.5 Å². The van der Waals surface area contributed by atoms with Crippen molar-refractivity contribution in [3.05, 3.63) is 0 Å². The Kier molecular flexibility index (Phi) is 3.55. The second-order valence-corrected chi connectivity index (χ2v) is 5.73. The normalized spacial score (nSPS) is 32.2. The van der Waals surface area contributed by atoms with Crippen LogP contribution < -0.4 is 0 Å². The van der Waals surface area contributed by atoms with Crippen molar-refractivity contribution in [2.75, 3.05) is 33.3 Å². The SMILES string of the molecule is CN(C)C1SCSC1N(C)C. The molecule has 0 bridgehead atoms. The number of thioether (sulfide) groups is 2. The predicted molar refractivity (Wildman–Crippen MR) is 55.0 cm³/mol. The Bertz CT molecular complexity index is 114. The lowest BCUT2D eigenvalue weighted by molar-refractivity contribution is 0.275. The molecule has 0 radical (unpaired) electrons. The van der Waals surface area contributed by atoms with Crippen LogP contribution in [0, 0.1) is 0 Å². The number of hydrogen-bond donors (Lipinski definition) is 0. The molecule has 1 saturated heterocycles. The summed E-state index contributed by atoms with van der Waals surface area (Å²) in [5.41, 5.74) is 0. The quantitative estimate of drug-likeness (QED) is 0.648. The lowest BCUT2D eigenvalue weighted by Crippen LogP contribution is -2.39. The molecule has 1 aliphatic heterocycles. The van der Waals surface area contributed by atoms with Gasteiger partial charge in [0.1, 0.15) is 0 Å². The third-order valence-electron chi connectivity index (χ3n) is 1.74. The lowest BCUT2D eigenvalue weighted by atomic mass is 10.5. The van der Waals surface area contributed by atoms with E-state index in [4.69, 9.17) is 0 Å². The van der Waals surface area contributed by atoms with Crippen LogP contribution in [-0.4, -0.2) is 53.8 Å². The molecule has 1 aliphatic rings. The molecule has 0 saturated carbocycles. The van der Waals surface area contributed by atoms with Gasteiger partial charge in [0, 0.05) is 5.08 Å². The van der Waals surface area contributed by atoms with Gasteiger partial charge in [0.05, 0.1) is 10.7 Å². The van der Waals surface area contributed by atoms with Crippen molar-refractivity contribution in [1.82, 2.24) is 9.80 Å². The first-order valence-electron chi connectivity index (χ1n) is 3.69. The van der Waals surface area contributed by atoms with E-state index in [0.717, 1.165) is 0 Å². The molecule has 66 valence electrons. The fourth-order valence-electron chi connectivity index (χ4n) is 1.15. The van der Waals surface area contributed by atoms with Gasteiger partial charge in [-0.3, -0.25) is 9.80 Å². The van der Waals surface area contributed by atoms with Gasteiger partial charge in [0.2, 0.25) is 0 Å². The first-order chi connectivity index (χ1) is 5.13. The van der Waals surface area contributed by atoms with Crippen LogP contribution in [-0.2, 0) is 0 Å². The van der Waals surface area contributed by atoms with Crippen molar-refractivity contribution < 1.29 is 0 Å². The van der Waals surface area contributed by atoms with Crippen molar-refractivity contribution in [1.29, 1.82) is 0 Å². The zero-order valence-electron chi connectivity index (χ0n) is 7.57. The van der Waals surface area contributed by atoms with E-state index in [-0.39, 0.29) is 0 Å². The molecule has 4 heteroatoms. The van der Waals surface area contributed by atoms with E-state index in [2.05, 4.69) is 38.0 Å². The van der Waals surface area contributed by atoms with Gasteiger partial charge in [-0.25, -0.2) is 0 Å². The molecule has 0 aromatic rings. The molecule has 0 spiro atoms. The Morgan fingerprint density at radius 2 is 1.27 bits per heavy atom. The second-order valence-electron chi connectivity index (χ2n) is 3.16. The van der Waals surface area contributed by atoms with Crippen molar-refractivity contribution in [3.63, 3.8) is 0 Å². The summed E-state index contributed by atoms with van der Waals surface area (Å²) in [7, 11) is 8.61. The first-order valence-corrected chi connectivity index (χ1v) is 5.78. The minimum atomic E-state index is 0.662. The van der Waals surface area contributed by atoms with Crippen molar-refractivity contribution in [2.24, 2.45) is 0 Å². The van der Waals surface area contributed by atoms with Crippen LogP contribution in [0.5, 0.6) is 0 Å². The maximum absolute atomic E-state index is 2.30. The minimum Gasteiger partial charge on any atom is -0.296 e. The number of hydrogen-bond acceptors (Lipinski definition) is 4. The topological polar surface area (TPSA) is 6.48 Å². The van der Waals surface area contributed by atoms with Crippen molar-refractivity contribution in [2.45, 2.75) is 10.7 Å². The van der Waals surface area contributed by atoms with Gasteiger partial charge in [-0.05, 0) is 28.2 Å². The average Bonchev–Trinajstić information content (AvgIpc) is 2.32. The molecule has 2 atom stereocenters. The van der Waals surface area contributed by atoms with Crippen molar-refractivity contribution >= 4 is 23.5 Å². The number of rotatable bonds is 2. The van der Waals surface area contributed by atoms with Crippen molar-refractivity contribution in [3.8, 4) is 0 Å². The molecule has 0 N–H and O–H groups in total. The summed E-state index contributed by atoms with van der Waals surface area (Å²) >= 11 is 4.07. The highest BCUT2D eigenvalue weighted by Crippen LogP contribution is 2.38. The Morgan fingerprint density at radius 1 is 0.909 bits per heavy atom. The largest absolute Gasteiger partial charge is 0.296 e. The van der Waals surface area contributed by atoms with Crippen LogP contribution in [0.2, 0.25) is 0 Å². The lowest BCUT2D eigenvalue weighted by Gasteiger charge is -2.28. The standard InChI is InChI=1S/C7H16N2S2/c1-8(2)6-7(9(3)4)11-5-10-6/h6-7H,5H2,1-4H3. The predicted octanol–water partition coefficient (Wildman–Crippen LogP) is 1.20. The third-order valence-corrected chi connectivity index (χ3v) is 5.04. The minimum absolute atomic E-state index is 0.662. The molecular formula is C7H16N2S2. The highest BCUT2D eigenvalue weighted by Gasteiger charge is 2.31. The maximum atomic E-state index is 2.30. The molecule has 1 heterocycles. The van der Waals surface area contributed by atoms with Crippen LogP contribution in [0.1, 0.15) is 0 Å². The summed E-state index contributed by atoms with van der Waals surface area (Å²) in [4.78, 5) is 4.60. The zero-order chi connectivity index (χ0) is 8.43. The molecule has 0 aromatic carbocycles.